The second kappa shape index (κ2) is 6.27. The standard InChI is InChI=1S/C16H20N4O2/c1-12(19-9-7-13(8-10-19)16(21)22)15-11-20(18-17-15)14-5-3-2-4-6-14/h2-6,11-13H,7-10H2,1H3,(H,21,22). The molecule has 0 saturated carbocycles. The van der Waals surface area contributed by atoms with Crippen molar-refractivity contribution in [2.24, 2.45) is 5.92 Å². The SMILES string of the molecule is CC(c1cn(-c2ccccc2)nn1)N1CCC(C(=O)O)CC1. The molecule has 0 spiro atoms. The van der Waals surface area contributed by atoms with Crippen LogP contribution in [0, 0.1) is 5.92 Å². The van der Waals surface area contributed by atoms with E-state index in [9.17, 15) is 4.79 Å². The van der Waals surface area contributed by atoms with Gasteiger partial charge in [0.15, 0.2) is 0 Å². The molecule has 0 bridgehead atoms. The van der Waals surface area contributed by atoms with Crippen LogP contribution in [0.25, 0.3) is 5.69 Å². The van der Waals surface area contributed by atoms with Gasteiger partial charge in [-0.15, -0.1) is 5.10 Å². The van der Waals surface area contributed by atoms with Crippen LogP contribution in [0.2, 0.25) is 0 Å². The van der Waals surface area contributed by atoms with Crippen molar-refractivity contribution in [3.8, 4) is 5.69 Å². The summed E-state index contributed by atoms with van der Waals surface area (Å²) in [6.07, 6.45) is 3.35. The van der Waals surface area contributed by atoms with E-state index in [1.807, 2.05) is 36.5 Å². The summed E-state index contributed by atoms with van der Waals surface area (Å²) in [5.41, 5.74) is 1.90. The molecule has 2 heterocycles. The van der Waals surface area contributed by atoms with E-state index in [-0.39, 0.29) is 12.0 Å². The molecule has 6 heteroatoms. The van der Waals surface area contributed by atoms with Gasteiger partial charge in [-0.3, -0.25) is 9.69 Å². The molecule has 0 amide bonds. The highest BCUT2D eigenvalue weighted by atomic mass is 16.4. The van der Waals surface area contributed by atoms with E-state index in [1.165, 1.54) is 0 Å². The molecular weight excluding hydrogens is 280 g/mol. The number of para-hydroxylation sites is 1. The minimum Gasteiger partial charge on any atom is -0.481 e. The van der Waals surface area contributed by atoms with E-state index in [2.05, 4.69) is 22.1 Å². The number of aromatic nitrogens is 3. The van der Waals surface area contributed by atoms with Crippen molar-refractivity contribution in [2.45, 2.75) is 25.8 Å². The fourth-order valence-corrected chi connectivity index (χ4v) is 2.90. The fraction of sp³-hybridized carbons (Fsp3) is 0.438. The number of likely N-dealkylation sites (tertiary alicyclic amines) is 1. The summed E-state index contributed by atoms with van der Waals surface area (Å²) in [7, 11) is 0. The molecule has 116 valence electrons. The third-order valence-electron chi connectivity index (χ3n) is 4.39. The van der Waals surface area contributed by atoms with Gasteiger partial charge in [-0.05, 0) is 45.0 Å². The molecule has 1 atom stereocenters. The summed E-state index contributed by atoms with van der Waals surface area (Å²) in [6, 6.07) is 10.0. The van der Waals surface area contributed by atoms with Crippen LogP contribution in [0.15, 0.2) is 36.5 Å². The molecule has 0 aliphatic carbocycles. The number of nitrogens with zero attached hydrogens (tertiary/aromatic N) is 4. The van der Waals surface area contributed by atoms with E-state index >= 15 is 0 Å². The van der Waals surface area contributed by atoms with Crippen LogP contribution in [-0.4, -0.2) is 44.1 Å². The monoisotopic (exact) mass is 300 g/mol. The molecule has 2 aromatic rings. The number of piperidine rings is 1. The molecule has 1 fully saturated rings. The lowest BCUT2D eigenvalue weighted by Gasteiger charge is -2.33. The number of benzene rings is 1. The van der Waals surface area contributed by atoms with Gasteiger partial charge in [0.2, 0.25) is 0 Å². The Morgan fingerprint density at radius 3 is 2.59 bits per heavy atom. The van der Waals surface area contributed by atoms with Gasteiger partial charge in [0.25, 0.3) is 0 Å². The van der Waals surface area contributed by atoms with Crippen LogP contribution in [0.5, 0.6) is 0 Å². The third-order valence-corrected chi connectivity index (χ3v) is 4.39. The van der Waals surface area contributed by atoms with E-state index in [0.29, 0.717) is 12.8 Å². The molecule has 1 N–H and O–H groups in total. The lowest BCUT2D eigenvalue weighted by molar-refractivity contribution is -0.143. The predicted molar refractivity (Wildman–Crippen MR) is 81.7 cm³/mol. The second-order valence-electron chi connectivity index (χ2n) is 5.75. The van der Waals surface area contributed by atoms with E-state index in [1.54, 1.807) is 4.68 Å². The van der Waals surface area contributed by atoms with Crippen LogP contribution < -0.4 is 0 Å². The van der Waals surface area contributed by atoms with Crippen molar-refractivity contribution >= 4 is 5.97 Å². The zero-order valence-corrected chi connectivity index (χ0v) is 12.6. The Kier molecular flexibility index (Phi) is 4.20. The maximum Gasteiger partial charge on any atom is 0.306 e. The predicted octanol–water partition coefficient (Wildman–Crippen LogP) is 2.12. The van der Waals surface area contributed by atoms with Crippen LogP contribution in [0.4, 0.5) is 0 Å². The normalized spacial score (nSPS) is 18.2. The number of rotatable bonds is 4. The number of hydrogen-bond donors (Lipinski definition) is 1. The van der Waals surface area contributed by atoms with E-state index in [0.717, 1.165) is 24.5 Å². The Hall–Kier alpha value is -2.21. The first kappa shape index (κ1) is 14.7. The molecule has 3 rings (SSSR count). The maximum absolute atomic E-state index is 11.0. The molecular formula is C16H20N4O2. The zero-order valence-electron chi connectivity index (χ0n) is 12.6. The van der Waals surface area contributed by atoms with Crippen molar-refractivity contribution in [1.29, 1.82) is 0 Å². The van der Waals surface area contributed by atoms with Gasteiger partial charge in [-0.2, -0.15) is 0 Å². The summed E-state index contributed by atoms with van der Waals surface area (Å²) in [4.78, 5) is 13.3. The topological polar surface area (TPSA) is 71.2 Å². The average molecular weight is 300 g/mol. The Labute approximate surface area is 129 Å². The number of carbonyl (C=O) groups is 1. The maximum atomic E-state index is 11.0. The minimum absolute atomic E-state index is 0.146. The lowest BCUT2D eigenvalue weighted by Crippen LogP contribution is -2.38. The molecule has 0 radical (unpaired) electrons. The largest absolute Gasteiger partial charge is 0.481 e. The lowest BCUT2D eigenvalue weighted by atomic mass is 9.96. The van der Waals surface area contributed by atoms with Crippen LogP contribution in [0.3, 0.4) is 0 Å². The van der Waals surface area contributed by atoms with Crippen molar-refractivity contribution in [3.05, 3.63) is 42.2 Å². The molecule has 22 heavy (non-hydrogen) atoms. The van der Waals surface area contributed by atoms with Gasteiger partial charge in [0.05, 0.1) is 29.5 Å². The molecule has 1 aromatic heterocycles. The minimum atomic E-state index is -0.678. The molecule has 1 aromatic carbocycles. The molecule has 1 saturated heterocycles. The van der Waals surface area contributed by atoms with Crippen LogP contribution >= 0.6 is 0 Å². The quantitative estimate of drug-likeness (QED) is 0.936. The molecule has 6 nitrogen and oxygen atoms in total. The molecule has 1 aliphatic heterocycles. The van der Waals surface area contributed by atoms with Crippen LogP contribution in [-0.2, 0) is 4.79 Å². The summed E-state index contributed by atoms with van der Waals surface area (Å²) in [5, 5.41) is 17.5. The summed E-state index contributed by atoms with van der Waals surface area (Å²) >= 11 is 0. The first-order chi connectivity index (χ1) is 10.6. The Bertz CT molecular complexity index is 633. The van der Waals surface area contributed by atoms with Crippen molar-refractivity contribution in [1.82, 2.24) is 19.9 Å². The first-order valence-corrected chi connectivity index (χ1v) is 7.59. The van der Waals surface area contributed by atoms with Crippen molar-refractivity contribution < 1.29 is 9.90 Å². The first-order valence-electron chi connectivity index (χ1n) is 7.59. The number of carboxylic acids is 1. The van der Waals surface area contributed by atoms with Crippen LogP contribution in [0.1, 0.15) is 31.5 Å². The van der Waals surface area contributed by atoms with E-state index in [4.69, 9.17) is 5.11 Å². The smallest absolute Gasteiger partial charge is 0.306 e. The highest BCUT2D eigenvalue weighted by Gasteiger charge is 2.28. The number of carboxylic acid groups (broad SMARTS) is 1. The van der Waals surface area contributed by atoms with Gasteiger partial charge in [0, 0.05) is 0 Å². The highest BCUT2D eigenvalue weighted by Crippen LogP contribution is 2.25. The fourth-order valence-electron chi connectivity index (χ4n) is 2.90. The Morgan fingerprint density at radius 1 is 1.27 bits per heavy atom. The second-order valence-corrected chi connectivity index (χ2v) is 5.75. The van der Waals surface area contributed by atoms with Crippen molar-refractivity contribution in [2.75, 3.05) is 13.1 Å². The highest BCUT2D eigenvalue weighted by molar-refractivity contribution is 5.70. The van der Waals surface area contributed by atoms with Gasteiger partial charge >= 0.3 is 5.97 Å². The summed E-state index contributed by atoms with van der Waals surface area (Å²) < 4.78 is 1.77. The van der Waals surface area contributed by atoms with Crippen molar-refractivity contribution in [3.63, 3.8) is 0 Å². The van der Waals surface area contributed by atoms with Gasteiger partial charge in [0.1, 0.15) is 0 Å². The van der Waals surface area contributed by atoms with Gasteiger partial charge < -0.3 is 5.11 Å². The number of aliphatic carboxylic acids is 1. The Balaban J connectivity index is 1.68. The zero-order chi connectivity index (χ0) is 15.5. The Morgan fingerprint density at radius 2 is 1.95 bits per heavy atom. The molecule has 1 unspecified atom stereocenters. The number of hydrogen-bond acceptors (Lipinski definition) is 4. The third kappa shape index (κ3) is 3.01. The van der Waals surface area contributed by atoms with Gasteiger partial charge in [-0.25, -0.2) is 4.68 Å². The summed E-state index contributed by atoms with van der Waals surface area (Å²) in [5.74, 6) is -0.884. The average Bonchev–Trinajstić information content (AvgIpc) is 3.05. The van der Waals surface area contributed by atoms with E-state index < -0.39 is 5.97 Å². The van der Waals surface area contributed by atoms with Gasteiger partial charge in [-0.1, -0.05) is 23.4 Å². The summed E-state index contributed by atoms with van der Waals surface area (Å²) in [6.45, 7) is 3.67. The molecule has 1 aliphatic rings.